The molecule has 0 amide bonds. The molecule has 1 aromatic rings. The highest BCUT2D eigenvalue weighted by Gasteiger charge is 2.32. The Bertz CT molecular complexity index is 352. The van der Waals surface area contributed by atoms with Crippen molar-refractivity contribution in [2.24, 2.45) is 0 Å². The van der Waals surface area contributed by atoms with Crippen molar-refractivity contribution < 1.29 is 0 Å². The lowest BCUT2D eigenvalue weighted by Crippen LogP contribution is -2.18. The van der Waals surface area contributed by atoms with E-state index in [4.69, 9.17) is 0 Å². The first kappa shape index (κ1) is 8.49. The molecule has 0 radical (unpaired) electrons. The molecule has 74 valence electrons. The van der Waals surface area contributed by atoms with E-state index in [1.807, 2.05) is 0 Å². The van der Waals surface area contributed by atoms with Crippen molar-refractivity contribution in [1.29, 1.82) is 0 Å². The number of hydrogen-bond donors (Lipinski definition) is 0. The standard InChI is InChI=1S/C13H17N/c1-2-10-3-4-11-8-13(14-5-6-14)9-12(11)7-10/h3-4,7,13H,2,5-6,8-9H2,1H3. The zero-order valence-corrected chi connectivity index (χ0v) is 8.79. The first-order chi connectivity index (χ1) is 6.86. The summed E-state index contributed by atoms with van der Waals surface area (Å²) in [6.07, 6.45) is 3.75. The predicted molar refractivity (Wildman–Crippen MR) is 58.6 cm³/mol. The molecule has 1 fully saturated rings. The van der Waals surface area contributed by atoms with Crippen molar-refractivity contribution in [1.82, 2.24) is 4.90 Å². The van der Waals surface area contributed by atoms with Crippen molar-refractivity contribution >= 4 is 0 Å². The van der Waals surface area contributed by atoms with Gasteiger partial charge in [0.1, 0.15) is 0 Å². The Hall–Kier alpha value is -0.820. The van der Waals surface area contributed by atoms with E-state index in [1.54, 1.807) is 11.1 Å². The maximum Gasteiger partial charge on any atom is 0.0177 e. The van der Waals surface area contributed by atoms with E-state index in [9.17, 15) is 0 Å². The summed E-state index contributed by atoms with van der Waals surface area (Å²) in [5.41, 5.74) is 4.70. The summed E-state index contributed by atoms with van der Waals surface area (Å²) in [4.78, 5) is 2.59. The van der Waals surface area contributed by atoms with Crippen LogP contribution in [0.2, 0.25) is 0 Å². The topological polar surface area (TPSA) is 3.01 Å². The highest BCUT2D eigenvalue weighted by atomic mass is 15.3. The van der Waals surface area contributed by atoms with Gasteiger partial charge >= 0.3 is 0 Å². The van der Waals surface area contributed by atoms with E-state index in [0.717, 1.165) is 6.04 Å². The lowest BCUT2D eigenvalue weighted by atomic mass is 10.1. The zero-order chi connectivity index (χ0) is 9.54. The average Bonchev–Trinajstić information content (AvgIpc) is 2.97. The van der Waals surface area contributed by atoms with E-state index in [2.05, 4.69) is 30.0 Å². The average molecular weight is 187 g/mol. The lowest BCUT2D eigenvalue weighted by Gasteiger charge is -2.07. The van der Waals surface area contributed by atoms with E-state index < -0.39 is 0 Å². The van der Waals surface area contributed by atoms with Gasteiger partial charge in [0.05, 0.1) is 0 Å². The van der Waals surface area contributed by atoms with Crippen LogP contribution in [0.3, 0.4) is 0 Å². The summed E-state index contributed by atoms with van der Waals surface area (Å²) in [6.45, 7) is 4.90. The summed E-state index contributed by atoms with van der Waals surface area (Å²) in [5, 5.41) is 0. The van der Waals surface area contributed by atoms with Gasteiger partial charge in [0, 0.05) is 19.1 Å². The van der Waals surface area contributed by atoms with Crippen LogP contribution in [0.5, 0.6) is 0 Å². The fourth-order valence-corrected chi connectivity index (χ4v) is 2.55. The summed E-state index contributed by atoms with van der Waals surface area (Å²) in [7, 11) is 0. The minimum Gasteiger partial charge on any atom is -0.297 e. The smallest absolute Gasteiger partial charge is 0.0177 e. The van der Waals surface area contributed by atoms with E-state index in [1.165, 1.54) is 37.9 Å². The summed E-state index contributed by atoms with van der Waals surface area (Å²) >= 11 is 0. The van der Waals surface area contributed by atoms with Crippen LogP contribution in [0.25, 0.3) is 0 Å². The third-order valence-electron chi connectivity index (χ3n) is 3.59. The van der Waals surface area contributed by atoms with Gasteiger partial charge in [-0.3, -0.25) is 4.90 Å². The minimum absolute atomic E-state index is 0.831. The molecule has 1 heteroatoms. The molecule has 1 unspecified atom stereocenters. The van der Waals surface area contributed by atoms with Gasteiger partial charge in [-0.15, -0.1) is 0 Å². The zero-order valence-electron chi connectivity index (χ0n) is 8.79. The second kappa shape index (κ2) is 3.09. The van der Waals surface area contributed by atoms with Crippen LogP contribution in [-0.2, 0) is 19.3 Å². The molecule has 1 aliphatic carbocycles. The van der Waals surface area contributed by atoms with Gasteiger partial charge in [-0.2, -0.15) is 0 Å². The van der Waals surface area contributed by atoms with Crippen molar-refractivity contribution in [3.63, 3.8) is 0 Å². The van der Waals surface area contributed by atoms with Gasteiger partial charge in [0.25, 0.3) is 0 Å². The number of rotatable bonds is 2. The molecule has 1 heterocycles. The quantitative estimate of drug-likeness (QED) is 0.640. The van der Waals surface area contributed by atoms with Crippen LogP contribution < -0.4 is 0 Å². The molecule has 1 aliphatic heterocycles. The molecule has 1 aromatic carbocycles. The third kappa shape index (κ3) is 1.36. The van der Waals surface area contributed by atoms with Crippen molar-refractivity contribution in [2.45, 2.75) is 32.2 Å². The molecule has 0 aromatic heterocycles. The maximum atomic E-state index is 2.59. The number of hydrogen-bond acceptors (Lipinski definition) is 1. The van der Waals surface area contributed by atoms with Crippen molar-refractivity contribution in [2.75, 3.05) is 13.1 Å². The fourth-order valence-electron chi connectivity index (χ4n) is 2.55. The molecule has 1 saturated heterocycles. The van der Waals surface area contributed by atoms with E-state index in [-0.39, 0.29) is 0 Å². The first-order valence-electron chi connectivity index (χ1n) is 5.71. The highest BCUT2D eigenvalue weighted by molar-refractivity contribution is 5.37. The number of fused-ring (bicyclic) bond motifs is 1. The Balaban J connectivity index is 1.86. The van der Waals surface area contributed by atoms with Gasteiger partial charge in [-0.1, -0.05) is 25.1 Å². The SMILES string of the molecule is CCc1ccc2c(c1)CC(N1CC1)C2. The lowest BCUT2D eigenvalue weighted by molar-refractivity contribution is 0.414. The van der Waals surface area contributed by atoms with Crippen LogP contribution in [-0.4, -0.2) is 24.0 Å². The Kier molecular flexibility index (Phi) is 1.88. The van der Waals surface area contributed by atoms with Crippen LogP contribution in [0, 0.1) is 0 Å². The monoisotopic (exact) mass is 187 g/mol. The second-order valence-electron chi connectivity index (χ2n) is 4.55. The van der Waals surface area contributed by atoms with Crippen LogP contribution in [0.4, 0.5) is 0 Å². The molecule has 0 bridgehead atoms. The van der Waals surface area contributed by atoms with Gasteiger partial charge in [-0.25, -0.2) is 0 Å². The normalized spacial score (nSPS) is 25.1. The van der Waals surface area contributed by atoms with Gasteiger partial charge in [0.2, 0.25) is 0 Å². The Morgan fingerprint density at radius 3 is 2.71 bits per heavy atom. The largest absolute Gasteiger partial charge is 0.297 e. The van der Waals surface area contributed by atoms with E-state index >= 15 is 0 Å². The molecule has 1 nitrogen and oxygen atoms in total. The number of nitrogens with zero attached hydrogens (tertiary/aromatic N) is 1. The van der Waals surface area contributed by atoms with Crippen molar-refractivity contribution in [3.05, 3.63) is 34.9 Å². The molecule has 1 atom stereocenters. The fraction of sp³-hybridized carbons (Fsp3) is 0.538. The summed E-state index contributed by atoms with van der Waals surface area (Å²) in [5.74, 6) is 0. The molecule has 14 heavy (non-hydrogen) atoms. The molecule has 3 rings (SSSR count). The summed E-state index contributed by atoms with van der Waals surface area (Å²) < 4.78 is 0. The van der Waals surface area contributed by atoms with Crippen LogP contribution >= 0.6 is 0 Å². The number of benzene rings is 1. The Morgan fingerprint density at radius 1 is 1.21 bits per heavy atom. The molecule has 0 saturated carbocycles. The maximum absolute atomic E-state index is 2.59. The van der Waals surface area contributed by atoms with E-state index in [0.29, 0.717) is 0 Å². The minimum atomic E-state index is 0.831. The first-order valence-corrected chi connectivity index (χ1v) is 5.71. The Morgan fingerprint density at radius 2 is 2.00 bits per heavy atom. The molecule has 0 N–H and O–H groups in total. The van der Waals surface area contributed by atoms with Crippen LogP contribution in [0.1, 0.15) is 23.6 Å². The van der Waals surface area contributed by atoms with Gasteiger partial charge in [0.15, 0.2) is 0 Å². The molecular formula is C13H17N. The highest BCUT2D eigenvalue weighted by Crippen LogP contribution is 2.29. The second-order valence-corrected chi connectivity index (χ2v) is 4.55. The predicted octanol–water partition coefficient (Wildman–Crippen LogP) is 2.03. The molecule has 0 spiro atoms. The van der Waals surface area contributed by atoms with Gasteiger partial charge < -0.3 is 0 Å². The Labute approximate surface area is 85.7 Å². The molecular weight excluding hydrogens is 170 g/mol. The van der Waals surface area contributed by atoms with Gasteiger partial charge in [-0.05, 0) is 36.0 Å². The third-order valence-corrected chi connectivity index (χ3v) is 3.59. The number of aryl methyl sites for hydroxylation is 1. The summed E-state index contributed by atoms with van der Waals surface area (Å²) in [6, 6.07) is 7.89. The van der Waals surface area contributed by atoms with Crippen LogP contribution in [0.15, 0.2) is 18.2 Å². The molecule has 2 aliphatic rings. The van der Waals surface area contributed by atoms with Crippen molar-refractivity contribution in [3.8, 4) is 0 Å².